The van der Waals surface area contributed by atoms with E-state index in [1.807, 2.05) is 33.3 Å². The van der Waals surface area contributed by atoms with Crippen LogP contribution >= 0.6 is 0 Å². The van der Waals surface area contributed by atoms with Gasteiger partial charge in [0.15, 0.2) is 12.2 Å². The van der Waals surface area contributed by atoms with Crippen molar-refractivity contribution in [3.63, 3.8) is 0 Å². The second-order valence-electron chi connectivity index (χ2n) is 10.6. The van der Waals surface area contributed by atoms with Crippen LogP contribution < -0.4 is 5.11 Å². The van der Waals surface area contributed by atoms with Gasteiger partial charge in [0.05, 0.1) is 27.7 Å². The van der Waals surface area contributed by atoms with Gasteiger partial charge in [-0.05, 0) is 44.9 Å². The van der Waals surface area contributed by atoms with Crippen molar-refractivity contribution in [2.75, 3.05) is 40.9 Å². The first-order chi connectivity index (χ1) is 19.1. The number of likely N-dealkylation sites (N-methyl/N-ethyl adjacent to an activating group) is 1. The van der Waals surface area contributed by atoms with Crippen LogP contribution in [-0.4, -0.2) is 80.8 Å². The maximum absolute atomic E-state index is 12.0. The van der Waals surface area contributed by atoms with Crippen LogP contribution in [0.2, 0.25) is 0 Å². The second-order valence-corrected chi connectivity index (χ2v) is 10.6. The number of quaternary nitrogens is 1. The molecule has 0 saturated carbocycles. The molecule has 0 aliphatic carbocycles. The molecule has 0 aliphatic heterocycles. The number of hydrogen-bond donors (Lipinski definition) is 1. The number of carbonyl (C=O) groups is 3. The predicted molar refractivity (Wildman–Crippen MR) is 154 cm³/mol. The van der Waals surface area contributed by atoms with Gasteiger partial charge < -0.3 is 33.7 Å². The zero-order chi connectivity index (χ0) is 30.1. The molecule has 0 aromatic rings. The minimum atomic E-state index is -1.35. The van der Waals surface area contributed by atoms with Crippen LogP contribution in [0, 0.1) is 0 Å². The number of unbranched alkanes of at least 4 members (excludes halogenated alkanes) is 4. The average molecular weight is 566 g/mol. The Morgan fingerprint density at radius 3 is 1.85 bits per heavy atom. The number of esters is 1. The number of carboxylic acids is 1. The Hall–Kier alpha value is -2.91. The van der Waals surface area contributed by atoms with Crippen molar-refractivity contribution in [3.05, 3.63) is 48.6 Å². The van der Waals surface area contributed by atoms with Gasteiger partial charge in [-0.2, -0.15) is 0 Å². The van der Waals surface area contributed by atoms with Crippen LogP contribution in [0.15, 0.2) is 48.6 Å². The summed E-state index contributed by atoms with van der Waals surface area (Å²) >= 11 is 0. The lowest BCUT2D eigenvalue weighted by molar-refractivity contribution is -0.873. The third-order valence-corrected chi connectivity index (χ3v) is 5.51. The van der Waals surface area contributed by atoms with Gasteiger partial charge in [0.2, 0.25) is 0 Å². The molecule has 0 spiro atoms. The van der Waals surface area contributed by atoms with E-state index in [9.17, 15) is 24.6 Å². The number of allylic oxidation sites excluding steroid dienone is 8. The van der Waals surface area contributed by atoms with Crippen molar-refractivity contribution < 1.29 is 43.3 Å². The summed E-state index contributed by atoms with van der Waals surface area (Å²) < 4.78 is 15.5. The quantitative estimate of drug-likeness (QED) is 0.0837. The molecular weight excluding hydrogens is 514 g/mol. The molecular formula is C31H51NO8. The van der Waals surface area contributed by atoms with E-state index < -0.39 is 49.9 Å². The Balaban J connectivity index is 4.07. The Kier molecular flexibility index (Phi) is 22.2. The van der Waals surface area contributed by atoms with Crippen molar-refractivity contribution in [3.8, 4) is 0 Å². The van der Waals surface area contributed by atoms with E-state index in [-0.39, 0.29) is 13.0 Å². The highest BCUT2D eigenvalue weighted by Crippen LogP contribution is 2.08. The number of carboxylic acid groups (broad SMARTS) is 1. The zero-order valence-corrected chi connectivity index (χ0v) is 24.9. The van der Waals surface area contributed by atoms with Crippen LogP contribution in [0.5, 0.6) is 0 Å². The molecule has 0 saturated heterocycles. The van der Waals surface area contributed by atoms with Gasteiger partial charge in [0.25, 0.3) is 0 Å². The Labute approximate surface area is 240 Å². The zero-order valence-electron chi connectivity index (χ0n) is 24.9. The van der Waals surface area contributed by atoms with Crippen LogP contribution in [0.4, 0.5) is 4.79 Å². The molecule has 2 unspecified atom stereocenters. The molecule has 0 bridgehead atoms. The van der Waals surface area contributed by atoms with Gasteiger partial charge in [0.1, 0.15) is 13.2 Å². The summed E-state index contributed by atoms with van der Waals surface area (Å²) in [7, 11) is 5.46. The molecule has 40 heavy (non-hydrogen) atoms. The molecule has 2 atom stereocenters. The van der Waals surface area contributed by atoms with Gasteiger partial charge in [0, 0.05) is 18.8 Å². The first-order valence-corrected chi connectivity index (χ1v) is 14.3. The van der Waals surface area contributed by atoms with Crippen LogP contribution in [0.3, 0.4) is 0 Å². The standard InChI is InChI=1S/C31H51NO8/c1-5-6-7-8-9-10-11-12-13-14-15-16-17-18-19-20-21-22-30(36)39-28(25-33)26-38-31(37)40-27(23-29(34)35)24-32(2,3)4/h9-10,12-13,15-16,18-19,27-28,33H,5-8,11,14,17,20-26H2,1-4H3/b10-9-,13-12-,16-15-,19-18-. The maximum atomic E-state index is 12.0. The minimum Gasteiger partial charge on any atom is -0.550 e. The van der Waals surface area contributed by atoms with E-state index in [1.165, 1.54) is 25.7 Å². The van der Waals surface area contributed by atoms with Crippen LogP contribution in [0.25, 0.3) is 0 Å². The van der Waals surface area contributed by atoms with E-state index in [2.05, 4.69) is 43.4 Å². The van der Waals surface area contributed by atoms with Crippen LogP contribution in [-0.2, 0) is 23.8 Å². The largest absolute Gasteiger partial charge is 0.550 e. The van der Waals surface area contributed by atoms with E-state index in [4.69, 9.17) is 14.2 Å². The van der Waals surface area contributed by atoms with E-state index in [0.717, 1.165) is 19.3 Å². The number of rotatable bonds is 23. The SMILES string of the molecule is CCCCC/C=C\C/C=C\C/C=C\C/C=C\CCCC(=O)OC(CO)COC(=O)OC(CC(=O)[O-])C[N+](C)(C)C. The molecule has 0 aliphatic rings. The predicted octanol–water partition coefficient (Wildman–Crippen LogP) is 4.40. The third kappa shape index (κ3) is 25.4. The molecule has 9 heteroatoms. The van der Waals surface area contributed by atoms with Crippen LogP contribution in [0.1, 0.15) is 77.6 Å². The normalized spacial score (nSPS) is 13.8. The lowest BCUT2D eigenvalue weighted by Gasteiger charge is -2.29. The lowest BCUT2D eigenvalue weighted by atomic mass is 10.2. The summed E-state index contributed by atoms with van der Waals surface area (Å²) in [6, 6.07) is 0. The number of aliphatic hydroxyl groups is 1. The lowest BCUT2D eigenvalue weighted by Crippen LogP contribution is -2.45. The topological polar surface area (TPSA) is 122 Å². The highest BCUT2D eigenvalue weighted by atomic mass is 16.7. The highest BCUT2D eigenvalue weighted by molar-refractivity contribution is 5.69. The maximum Gasteiger partial charge on any atom is 0.508 e. The Bertz CT molecular complexity index is 811. The van der Waals surface area contributed by atoms with Crippen molar-refractivity contribution >= 4 is 18.1 Å². The van der Waals surface area contributed by atoms with Gasteiger partial charge in [-0.1, -0.05) is 68.4 Å². The van der Waals surface area contributed by atoms with E-state index >= 15 is 0 Å². The van der Waals surface area contributed by atoms with E-state index in [0.29, 0.717) is 17.3 Å². The third-order valence-electron chi connectivity index (χ3n) is 5.51. The number of carbonyl (C=O) groups excluding carboxylic acids is 3. The molecule has 0 amide bonds. The highest BCUT2D eigenvalue weighted by Gasteiger charge is 2.24. The molecule has 0 heterocycles. The fraction of sp³-hybridized carbons (Fsp3) is 0.645. The van der Waals surface area contributed by atoms with Crippen molar-refractivity contribution in [2.45, 2.75) is 89.8 Å². The summed E-state index contributed by atoms with van der Waals surface area (Å²) in [5, 5.41) is 20.4. The fourth-order valence-electron chi connectivity index (χ4n) is 3.57. The van der Waals surface area contributed by atoms with Gasteiger partial charge in [-0.15, -0.1) is 0 Å². The first kappa shape index (κ1) is 37.1. The van der Waals surface area contributed by atoms with Crippen molar-refractivity contribution in [2.24, 2.45) is 0 Å². The molecule has 1 N–H and O–H groups in total. The molecule has 0 rings (SSSR count). The number of aliphatic hydroxyl groups excluding tert-OH is 1. The fourth-order valence-corrected chi connectivity index (χ4v) is 3.57. The number of hydrogen-bond acceptors (Lipinski definition) is 8. The number of ether oxygens (including phenoxy) is 3. The monoisotopic (exact) mass is 565 g/mol. The number of nitrogens with zero attached hydrogens (tertiary/aromatic N) is 1. The number of aliphatic carboxylic acids is 1. The Morgan fingerprint density at radius 1 is 0.800 bits per heavy atom. The van der Waals surface area contributed by atoms with Crippen molar-refractivity contribution in [1.82, 2.24) is 0 Å². The van der Waals surface area contributed by atoms with E-state index in [1.54, 1.807) is 0 Å². The first-order valence-electron chi connectivity index (χ1n) is 14.3. The summed E-state index contributed by atoms with van der Waals surface area (Å²) in [6.45, 7) is 1.52. The molecule has 0 radical (unpaired) electrons. The second kappa shape index (κ2) is 23.9. The van der Waals surface area contributed by atoms with Gasteiger partial charge in [-0.25, -0.2) is 4.79 Å². The van der Waals surface area contributed by atoms with Gasteiger partial charge in [-0.3, -0.25) is 4.79 Å². The van der Waals surface area contributed by atoms with Crippen molar-refractivity contribution in [1.29, 1.82) is 0 Å². The molecule has 0 fully saturated rings. The molecule has 9 nitrogen and oxygen atoms in total. The average Bonchev–Trinajstić information content (AvgIpc) is 2.86. The summed E-state index contributed by atoms with van der Waals surface area (Å²) in [5.74, 6) is -1.86. The summed E-state index contributed by atoms with van der Waals surface area (Å²) in [5.41, 5.74) is 0. The minimum absolute atomic E-state index is 0.163. The molecule has 0 aromatic carbocycles. The summed E-state index contributed by atoms with van der Waals surface area (Å²) in [6.07, 6.45) is 22.7. The molecule has 228 valence electrons. The Morgan fingerprint density at radius 2 is 1.35 bits per heavy atom. The molecule has 0 aromatic heterocycles. The van der Waals surface area contributed by atoms with Gasteiger partial charge >= 0.3 is 12.1 Å². The summed E-state index contributed by atoms with van der Waals surface area (Å²) in [4.78, 5) is 34.9. The smallest absolute Gasteiger partial charge is 0.508 e.